The topological polar surface area (TPSA) is 37.4 Å². The first-order valence-corrected chi connectivity index (χ1v) is 5.66. The molecule has 1 aliphatic rings. The molecular formula is C12H8ClF2NO2. The zero-order valence-corrected chi connectivity index (χ0v) is 9.88. The third-order valence-corrected chi connectivity index (χ3v) is 2.71. The Morgan fingerprint density at radius 3 is 2.61 bits per heavy atom. The van der Waals surface area contributed by atoms with Gasteiger partial charge in [0.1, 0.15) is 11.6 Å². The minimum absolute atomic E-state index is 0.0401. The number of ketones is 1. The molecule has 0 radical (unpaired) electrons. The van der Waals surface area contributed by atoms with Crippen molar-refractivity contribution in [1.29, 1.82) is 0 Å². The molecule has 0 saturated carbocycles. The van der Waals surface area contributed by atoms with Gasteiger partial charge in [0.2, 0.25) is 0 Å². The summed E-state index contributed by atoms with van der Waals surface area (Å²) in [5.74, 6) is -3.43. The van der Waals surface area contributed by atoms with Crippen LogP contribution in [0.15, 0.2) is 24.3 Å². The number of hydrogen-bond acceptors (Lipinski definition) is 2. The number of carbonyl (C=O) groups is 2. The van der Waals surface area contributed by atoms with Crippen molar-refractivity contribution in [3.05, 3.63) is 41.5 Å². The number of amides is 1. The minimum Gasteiger partial charge on any atom is -0.301 e. The average Bonchev–Trinajstić information content (AvgIpc) is 2.54. The molecule has 0 aromatic heterocycles. The summed E-state index contributed by atoms with van der Waals surface area (Å²) in [6.07, 6.45) is 3.13. The molecule has 0 saturated heterocycles. The Morgan fingerprint density at radius 1 is 1.22 bits per heavy atom. The van der Waals surface area contributed by atoms with Crippen molar-refractivity contribution >= 4 is 29.0 Å². The molecular weight excluding hydrogens is 264 g/mol. The fraction of sp³-hybridized carbons (Fsp3) is 0.167. The molecule has 94 valence electrons. The van der Waals surface area contributed by atoms with Crippen LogP contribution >= 0.6 is 11.6 Å². The first kappa shape index (κ1) is 12.7. The van der Waals surface area contributed by atoms with Gasteiger partial charge in [-0.2, -0.15) is 0 Å². The van der Waals surface area contributed by atoms with E-state index in [2.05, 4.69) is 0 Å². The van der Waals surface area contributed by atoms with E-state index in [0.717, 1.165) is 11.0 Å². The number of nitrogens with zero attached hydrogens (tertiary/aromatic N) is 1. The van der Waals surface area contributed by atoms with E-state index in [1.54, 1.807) is 12.2 Å². The van der Waals surface area contributed by atoms with Crippen LogP contribution in [0.25, 0.3) is 0 Å². The lowest BCUT2D eigenvalue weighted by Gasteiger charge is -2.13. The Bertz CT molecular complexity index is 557. The van der Waals surface area contributed by atoms with Gasteiger partial charge in [-0.05, 0) is 6.07 Å². The highest BCUT2D eigenvalue weighted by Crippen LogP contribution is 2.31. The van der Waals surface area contributed by atoms with Crippen molar-refractivity contribution < 1.29 is 18.4 Å². The molecule has 2 rings (SSSR count). The number of hydrogen-bond donors (Lipinski definition) is 0. The monoisotopic (exact) mass is 271 g/mol. The SMILES string of the molecule is O=C1C(=O)N(CC=CCCl)c2cc(F)cc(F)c21. The van der Waals surface area contributed by atoms with Gasteiger partial charge in [0.25, 0.3) is 11.7 Å². The minimum atomic E-state index is -1.02. The molecule has 18 heavy (non-hydrogen) atoms. The maximum Gasteiger partial charge on any atom is 0.299 e. The molecule has 1 aliphatic heterocycles. The van der Waals surface area contributed by atoms with Gasteiger partial charge in [-0.3, -0.25) is 9.59 Å². The third-order valence-electron chi connectivity index (χ3n) is 2.54. The molecule has 1 aromatic rings. The summed E-state index contributed by atoms with van der Waals surface area (Å²) in [5.41, 5.74) is -0.414. The maximum absolute atomic E-state index is 13.5. The van der Waals surface area contributed by atoms with Crippen LogP contribution < -0.4 is 4.90 Å². The Morgan fingerprint density at radius 2 is 1.94 bits per heavy atom. The second kappa shape index (κ2) is 4.86. The summed E-state index contributed by atoms with van der Waals surface area (Å²) in [7, 11) is 0. The van der Waals surface area contributed by atoms with E-state index in [-0.39, 0.29) is 23.7 Å². The van der Waals surface area contributed by atoms with Crippen molar-refractivity contribution in [2.45, 2.75) is 0 Å². The highest BCUT2D eigenvalue weighted by molar-refractivity contribution is 6.52. The number of carbonyl (C=O) groups excluding carboxylic acids is 2. The molecule has 0 spiro atoms. The van der Waals surface area contributed by atoms with E-state index in [9.17, 15) is 18.4 Å². The van der Waals surface area contributed by atoms with Crippen LogP contribution in [0.4, 0.5) is 14.5 Å². The van der Waals surface area contributed by atoms with Crippen LogP contribution in [0.3, 0.4) is 0 Å². The molecule has 1 amide bonds. The van der Waals surface area contributed by atoms with E-state index in [1.165, 1.54) is 0 Å². The van der Waals surface area contributed by atoms with Crippen molar-refractivity contribution in [2.24, 2.45) is 0 Å². The molecule has 6 heteroatoms. The van der Waals surface area contributed by atoms with Crippen LogP contribution in [-0.2, 0) is 4.79 Å². The number of fused-ring (bicyclic) bond motifs is 1. The Kier molecular flexibility index (Phi) is 3.43. The van der Waals surface area contributed by atoms with Crippen molar-refractivity contribution in [1.82, 2.24) is 0 Å². The van der Waals surface area contributed by atoms with E-state index in [1.807, 2.05) is 0 Å². The lowest BCUT2D eigenvalue weighted by molar-refractivity contribution is -0.114. The van der Waals surface area contributed by atoms with Crippen molar-refractivity contribution in [3.63, 3.8) is 0 Å². The van der Waals surface area contributed by atoms with Gasteiger partial charge in [-0.25, -0.2) is 8.78 Å². The van der Waals surface area contributed by atoms with Gasteiger partial charge < -0.3 is 4.90 Å². The van der Waals surface area contributed by atoms with Gasteiger partial charge in [-0.1, -0.05) is 12.2 Å². The molecule has 0 bridgehead atoms. The van der Waals surface area contributed by atoms with Crippen LogP contribution in [-0.4, -0.2) is 24.1 Å². The second-order valence-electron chi connectivity index (χ2n) is 3.65. The molecule has 3 nitrogen and oxygen atoms in total. The van der Waals surface area contributed by atoms with Gasteiger partial charge >= 0.3 is 0 Å². The molecule has 1 heterocycles. The first-order chi connectivity index (χ1) is 8.56. The van der Waals surface area contributed by atoms with E-state index in [4.69, 9.17) is 11.6 Å². The zero-order valence-electron chi connectivity index (χ0n) is 9.12. The predicted molar refractivity (Wildman–Crippen MR) is 62.9 cm³/mol. The van der Waals surface area contributed by atoms with Gasteiger partial charge in [0, 0.05) is 18.5 Å². The largest absolute Gasteiger partial charge is 0.301 e. The van der Waals surface area contributed by atoms with E-state index >= 15 is 0 Å². The summed E-state index contributed by atoms with van der Waals surface area (Å²) in [5, 5.41) is 0. The van der Waals surface area contributed by atoms with Gasteiger partial charge in [0.05, 0.1) is 11.3 Å². The molecule has 0 unspecified atom stereocenters. The first-order valence-electron chi connectivity index (χ1n) is 5.12. The van der Waals surface area contributed by atoms with Crippen LogP contribution in [0.1, 0.15) is 10.4 Å². The third kappa shape index (κ3) is 2.01. The average molecular weight is 272 g/mol. The lowest BCUT2D eigenvalue weighted by atomic mass is 10.1. The number of allylic oxidation sites excluding steroid dienone is 1. The number of benzene rings is 1. The fourth-order valence-electron chi connectivity index (χ4n) is 1.76. The normalized spacial score (nSPS) is 14.7. The Labute approximate surface area is 107 Å². The van der Waals surface area contributed by atoms with Crippen molar-refractivity contribution in [2.75, 3.05) is 17.3 Å². The molecule has 0 fully saturated rings. The molecule has 0 aliphatic carbocycles. The number of anilines is 1. The van der Waals surface area contributed by atoms with Crippen LogP contribution in [0.5, 0.6) is 0 Å². The zero-order chi connectivity index (χ0) is 13.3. The molecule has 1 aromatic carbocycles. The maximum atomic E-state index is 13.5. The number of rotatable bonds is 3. The number of alkyl halides is 1. The molecule has 0 N–H and O–H groups in total. The highest BCUT2D eigenvalue weighted by atomic mass is 35.5. The predicted octanol–water partition coefficient (Wildman–Crippen LogP) is 2.29. The lowest BCUT2D eigenvalue weighted by Crippen LogP contribution is -2.29. The second-order valence-corrected chi connectivity index (χ2v) is 3.96. The highest BCUT2D eigenvalue weighted by Gasteiger charge is 2.38. The number of Topliss-reactive ketones (excluding diaryl/α,β-unsaturated/α-hetero) is 1. The quantitative estimate of drug-likeness (QED) is 0.480. The van der Waals surface area contributed by atoms with Gasteiger partial charge in [-0.15, -0.1) is 11.6 Å². The summed E-state index contributed by atoms with van der Waals surface area (Å²) < 4.78 is 26.6. The van der Waals surface area contributed by atoms with Crippen molar-refractivity contribution in [3.8, 4) is 0 Å². The summed E-state index contributed by atoms with van der Waals surface area (Å²) in [6.45, 7) is 0.0488. The van der Waals surface area contributed by atoms with E-state index in [0.29, 0.717) is 6.07 Å². The van der Waals surface area contributed by atoms with E-state index < -0.39 is 23.3 Å². The smallest absolute Gasteiger partial charge is 0.299 e. The fourth-order valence-corrected chi connectivity index (χ4v) is 1.89. The summed E-state index contributed by atoms with van der Waals surface area (Å²) in [4.78, 5) is 24.2. The Hall–Kier alpha value is -1.75. The van der Waals surface area contributed by atoms with Crippen LogP contribution in [0.2, 0.25) is 0 Å². The van der Waals surface area contributed by atoms with Crippen LogP contribution in [0, 0.1) is 11.6 Å². The standard InChI is InChI=1S/C12H8ClF2NO2/c13-3-1-2-4-16-9-6-7(14)5-8(15)10(9)11(17)12(16)18/h1-2,5-6H,3-4H2. The number of halogens is 3. The Balaban J connectivity index is 2.45. The summed E-state index contributed by atoms with van der Waals surface area (Å²) >= 11 is 5.43. The summed E-state index contributed by atoms with van der Waals surface area (Å²) in [6, 6.07) is 1.55. The van der Waals surface area contributed by atoms with Gasteiger partial charge in [0.15, 0.2) is 0 Å². The molecule has 0 atom stereocenters.